The van der Waals surface area contributed by atoms with Gasteiger partial charge in [-0.3, -0.25) is 9.59 Å². The van der Waals surface area contributed by atoms with E-state index in [-0.39, 0.29) is 17.7 Å². The molecule has 30 heavy (non-hydrogen) atoms. The first-order valence-electron chi connectivity index (χ1n) is 10.4. The zero-order chi connectivity index (χ0) is 20.9. The lowest BCUT2D eigenvalue weighted by Crippen LogP contribution is -2.20. The molecule has 1 saturated carbocycles. The molecule has 0 aliphatic heterocycles. The molecular formula is C25H25N3O2. The first-order chi connectivity index (χ1) is 14.6. The van der Waals surface area contributed by atoms with Crippen LogP contribution in [0.5, 0.6) is 0 Å². The smallest absolute Gasteiger partial charge is 0.272 e. The summed E-state index contributed by atoms with van der Waals surface area (Å²) < 4.78 is 0. The van der Waals surface area contributed by atoms with Gasteiger partial charge in [-0.2, -0.15) is 5.10 Å². The van der Waals surface area contributed by atoms with Crippen LogP contribution in [-0.2, 0) is 4.79 Å². The van der Waals surface area contributed by atoms with Crippen molar-refractivity contribution in [3.05, 3.63) is 77.9 Å². The van der Waals surface area contributed by atoms with Crippen LogP contribution in [0.15, 0.2) is 71.8 Å². The van der Waals surface area contributed by atoms with E-state index in [2.05, 4.69) is 15.8 Å². The summed E-state index contributed by atoms with van der Waals surface area (Å²) in [4.78, 5) is 24.9. The quantitative estimate of drug-likeness (QED) is 0.462. The van der Waals surface area contributed by atoms with Gasteiger partial charge in [-0.25, -0.2) is 5.43 Å². The number of carbonyl (C=O) groups excluding carboxylic acids is 2. The maximum absolute atomic E-state index is 12.6. The molecule has 0 unspecified atom stereocenters. The second-order valence-corrected chi connectivity index (χ2v) is 7.71. The molecule has 0 radical (unpaired) electrons. The fourth-order valence-electron chi connectivity index (χ4n) is 3.91. The van der Waals surface area contributed by atoms with Crippen LogP contribution in [-0.4, -0.2) is 17.5 Å². The van der Waals surface area contributed by atoms with Gasteiger partial charge in [-0.15, -0.1) is 0 Å². The SMILES string of the molecule is C/C(=N/NC(=O)c1cccc2ccccc12)c1ccc(NC(=O)C2CCCC2)cc1. The van der Waals surface area contributed by atoms with Gasteiger partial charge in [0, 0.05) is 17.2 Å². The van der Waals surface area contributed by atoms with Crippen LogP contribution in [0.25, 0.3) is 10.8 Å². The summed E-state index contributed by atoms with van der Waals surface area (Å²) >= 11 is 0. The van der Waals surface area contributed by atoms with E-state index in [4.69, 9.17) is 0 Å². The average Bonchev–Trinajstić information content (AvgIpc) is 3.32. The van der Waals surface area contributed by atoms with E-state index >= 15 is 0 Å². The highest BCUT2D eigenvalue weighted by Crippen LogP contribution is 2.26. The number of rotatable bonds is 5. The monoisotopic (exact) mass is 399 g/mol. The molecule has 2 N–H and O–H groups in total. The Kier molecular flexibility index (Phi) is 5.89. The Morgan fingerprint density at radius 1 is 0.900 bits per heavy atom. The Balaban J connectivity index is 1.41. The molecule has 5 heteroatoms. The Hall–Kier alpha value is -3.47. The van der Waals surface area contributed by atoms with Crippen molar-refractivity contribution in [2.75, 3.05) is 5.32 Å². The number of nitrogens with one attached hydrogen (secondary N) is 2. The molecule has 0 bridgehead atoms. The van der Waals surface area contributed by atoms with Crippen LogP contribution in [0, 0.1) is 5.92 Å². The predicted octanol–water partition coefficient (Wildman–Crippen LogP) is 5.12. The third-order valence-electron chi connectivity index (χ3n) is 5.66. The van der Waals surface area contributed by atoms with Gasteiger partial charge in [0.15, 0.2) is 0 Å². The van der Waals surface area contributed by atoms with Gasteiger partial charge in [0.25, 0.3) is 5.91 Å². The highest BCUT2D eigenvalue weighted by molar-refractivity contribution is 6.08. The summed E-state index contributed by atoms with van der Waals surface area (Å²) in [5.74, 6) is -0.00292. The fraction of sp³-hybridized carbons (Fsp3) is 0.240. The van der Waals surface area contributed by atoms with Gasteiger partial charge in [-0.05, 0) is 54.3 Å². The molecule has 3 aromatic rings. The molecule has 1 aliphatic carbocycles. The van der Waals surface area contributed by atoms with E-state index in [1.54, 1.807) is 6.07 Å². The number of hydrogen-bond acceptors (Lipinski definition) is 3. The maximum Gasteiger partial charge on any atom is 0.272 e. The number of benzene rings is 3. The second kappa shape index (κ2) is 8.91. The van der Waals surface area contributed by atoms with Crippen molar-refractivity contribution in [1.29, 1.82) is 0 Å². The molecule has 0 heterocycles. The van der Waals surface area contributed by atoms with Gasteiger partial charge in [-0.1, -0.05) is 61.4 Å². The number of fused-ring (bicyclic) bond motifs is 1. The van der Waals surface area contributed by atoms with Crippen LogP contribution in [0.1, 0.15) is 48.5 Å². The lowest BCUT2D eigenvalue weighted by molar-refractivity contribution is -0.119. The molecule has 4 rings (SSSR count). The highest BCUT2D eigenvalue weighted by Gasteiger charge is 2.22. The molecule has 0 spiro atoms. The summed E-state index contributed by atoms with van der Waals surface area (Å²) in [5, 5.41) is 9.16. The summed E-state index contributed by atoms with van der Waals surface area (Å²) in [7, 11) is 0. The lowest BCUT2D eigenvalue weighted by Gasteiger charge is -2.11. The Morgan fingerprint density at radius 2 is 1.60 bits per heavy atom. The van der Waals surface area contributed by atoms with Gasteiger partial charge in [0.05, 0.1) is 5.71 Å². The Morgan fingerprint density at radius 3 is 2.37 bits per heavy atom. The topological polar surface area (TPSA) is 70.6 Å². The van der Waals surface area contributed by atoms with E-state index in [1.807, 2.05) is 67.6 Å². The van der Waals surface area contributed by atoms with Gasteiger partial charge in [0.2, 0.25) is 5.91 Å². The maximum atomic E-state index is 12.6. The van der Waals surface area contributed by atoms with Crippen LogP contribution < -0.4 is 10.7 Å². The van der Waals surface area contributed by atoms with Gasteiger partial charge >= 0.3 is 0 Å². The minimum Gasteiger partial charge on any atom is -0.326 e. The largest absolute Gasteiger partial charge is 0.326 e. The number of hydrogen-bond donors (Lipinski definition) is 2. The third kappa shape index (κ3) is 4.40. The van der Waals surface area contributed by atoms with E-state index < -0.39 is 0 Å². The number of anilines is 1. The van der Waals surface area contributed by atoms with Crippen molar-refractivity contribution in [3.8, 4) is 0 Å². The molecule has 152 valence electrons. The molecule has 0 aromatic heterocycles. The normalized spacial score (nSPS) is 14.6. The van der Waals surface area contributed by atoms with E-state index in [9.17, 15) is 9.59 Å². The molecular weight excluding hydrogens is 374 g/mol. The van der Waals surface area contributed by atoms with Crippen molar-refractivity contribution in [3.63, 3.8) is 0 Å². The van der Waals surface area contributed by atoms with Crippen molar-refractivity contribution < 1.29 is 9.59 Å². The summed E-state index contributed by atoms with van der Waals surface area (Å²) in [5.41, 5.74) is 5.60. The second-order valence-electron chi connectivity index (χ2n) is 7.71. The van der Waals surface area contributed by atoms with Crippen LogP contribution in [0.3, 0.4) is 0 Å². The number of carbonyl (C=O) groups is 2. The van der Waals surface area contributed by atoms with Gasteiger partial charge in [0.1, 0.15) is 0 Å². The standard InChI is InChI=1S/C25H25N3O2/c1-17(18-13-15-21(16-14-18)26-24(29)20-8-2-3-9-20)27-28-25(30)23-12-6-10-19-7-4-5-11-22(19)23/h4-7,10-16,20H,2-3,8-9H2,1H3,(H,26,29)(H,28,30)/b27-17-. The summed E-state index contributed by atoms with van der Waals surface area (Å²) in [6, 6.07) is 21.0. The average molecular weight is 399 g/mol. The minimum atomic E-state index is -0.244. The van der Waals surface area contributed by atoms with Crippen molar-refractivity contribution >= 4 is 34.0 Å². The predicted molar refractivity (Wildman–Crippen MR) is 121 cm³/mol. The Bertz CT molecular complexity index is 1090. The number of amides is 2. The van der Waals surface area contributed by atoms with E-state index in [1.165, 1.54) is 0 Å². The van der Waals surface area contributed by atoms with E-state index in [0.717, 1.165) is 47.7 Å². The highest BCUT2D eigenvalue weighted by atomic mass is 16.2. The molecule has 0 atom stereocenters. The Labute approximate surface area is 176 Å². The molecule has 3 aromatic carbocycles. The number of nitrogens with zero attached hydrogens (tertiary/aromatic N) is 1. The van der Waals surface area contributed by atoms with Crippen LogP contribution in [0.4, 0.5) is 5.69 Å². The summed E-state index contributed by atoms with van der Waals surface area (Å²) in [6.45, 7) is 1.84. The van der Waals surface area contributed by atoms with Crippen molar-refractivity contribution in [1.82, 2.24) is 5.43 Å². The zero-order valence-corrected chi connectivity index (χ0v) is 17.0. The van der Waals surface area contributed by atoms with Crippen LogP contribution in [0.2, 0.25) is 0 Å². The van der Waals surface area contributed by atoms with E-state index in [0.29, 0.717) is 11.3 Å². The number of hydrazone groups is 1. The minimum absolute atomic E-state index is 0.105. The van der Waals surface area contributed by atoms with Crippen LogP contribution >= 0.6 is 0 Å². The molecule has 5 nitrogen and oxygen atoms in total. The third-order valence-corrected chi connectivity index (χ3v) is 5.66. The van der Waals surface area contributed by atoms with Crippen molar-refractivity contribution in [2.24, 2.45) is 11.0 Å². The zero-order valence-electron chi connectivity index (χ0n) is 17.0. The fourth-order valence-corrected chi connectivity index (χ4v) is 3.91. The van der Waals surface area contributed by atoms with Gasteiger partial charge < -0.3 is 5.32 Å². The lowest BCUT2D eigenvalue weighted by atomic mass is 10.0. The summed E-state index contributed by atoms with van der Waals surface area (Å²) in [6.07, 6.45) is 4.23. The molecule has 1 fully saturated rings. The molecule has 1 aliphatic rings. The molecule has 0 saturated heterocycles. The molecule has 2 amide bonds. The van der Waals surface area contributed by atoms with Crippen molar-refractivity contribution in [2.45, 2.75) is 32.6 Å². The first kappa shape index (κ1) is 19.8. The first-order valence-corrected chi connectivity index (χ1v) is 10.4.